The fraction of sp³-hybridized carbons (Fsp3) is 0.540. The second kappa shape index (κ2) is 50.0. The molecule has 714 valence electrons. The first-order chi connectivity index (χ1) is 62.4. The molecule has 0 radical (unpaired) electrons. The van der Waals surface area contributed by atoms with E-state index in [1.807, 2.05) is 6.92 Å². The standard InChI is InChI=1S/C87H125N23O19S2/c1-9-10-23-66-79(122)98-57(22-15-31-93-87(91)92)75(118)105-65(74(117)96-43-71(90)114)45-131-46-72(115)97-60(36-49-26-28-52(112)29-27-49)82(125)106(5)48(4)73(116)100-62(39-70(89)113)85(128)110-33-17-25-68(110)81(124)103-63(40-88)77(120)101-59(35-47(2)3)84(127)109-32-16-24-67(109)80(123)99-58(37-50-41-94-55-20-13-11-18-53(50)55)76(119)104-64(44-111)78(121)102-61(38-51-42-95-56-21-14-12-19-54(51)56)83(126)108(7)69(30-34-130-8)86(129)107(66)6/h11-14,18-21,26-29,41-42,47-48,57-69,94-95,111-112H,9-10,15-17,22-25,30-40,43-46,88H2,1-8H3,(H2,89,113)(H2,90,114)(H,96,117)(H,97,115)(H,98,122)(H,99,123)(H,100,116)(H,101,120)(H,102,121)(H,103,124)(H,104,119)(H,105,118)(H4,91,92,93)/t48-,57-,58-,59-,60-,61-,62-,63-,64-,65?,66-,67-,68-,69-/m0/s1. The molecular formula is C87H125N23O19S2. The van der Waals surface area contributed by atoms with Crippen molar-refractivity contribution in [2.24, 2.45) is 28.9 Å². The summed E-state index contributed by atoms with van der Waals surface area (Å²) in [4.78, 5) is 260. The summed E-state index contributed by atoms with van der Waals surface area (Å²) in [7, 11) is 3.91. The Hall–Kier alpha value is -12.6. The van der Waals surface area contributed by atoms with E-state index in [0.29, 0.717) is 51.3 Å². The molecular weight excluding hydrogens is 1740 g/mol. The van der Waals surface area contributed by atoms with Crippen LogP contribution in [0.25, 0.3) is 21.8 Å². The van der Waals surface area contributed by atoms with E-state index < -0.39 is 229 Å². The molecule has 24 N–H and O–H groups in total. The van der Waals surface area contributed by atoms with Gasteiger partial charge in [0.15, 0.2) is 5.96 Å². The van der Waals surface area contributed by atoms with Crippen LogP contribution in [0.3, 0.4) is 0 Å². The van der Waals surface area contributed by atoms with Crippen molar-refractivity contribution in [3.05, 3.63) is 102 Å². The number of phenols is 1. The number of hydrogen-bond donors (Lipinski definition) is 20. The molecule has 2 aromatic heterocycles. The number of aliphatic hydroxyl groups excluding tert-OH is 1. The van der Waals surface area contributed by atoms with Crippen molar-refractivity contribution in [1.29, 1.82) is 5.41 Å². The summed E-state index contributed by atoms with van der Waals surface area (Å²) in [6.45, 7) is 4.21. The second-order valence-corrected chi connectivity index (χ2v) is 35.4. The van der Waals surface area contributed by atoms with Gasteiger partial charge in [-0.15, -0.1) is 11.8 Å². The number of fused-ring (bicyclic) bond motifs is 4. The van der Waals surface area contributed by atoms with Gasteiger partial charge in [0.2, 0.25) is 100 Å². The maximum Gasteiger partial charge on any atom is 0.246 e. The Bertz CT molecular complexity index is 4920. The van der Waals surface area contributed by atoms with E-state index in [-0.39, 0.29) is 114 Å². The first-order valence-corrected chi connectivity index (χ1v) is 46.2. The number of aromatic hydroxyl groups is 1. The highest BCUT2D eigenvalue weighted by Crippen LogP contribution is 2.28. The van der Waals surface area contributed by atoms with Crippen LogP contribution in [0.1, 0.15) is 121 Å². The van der Waals surface area contributed by atoms with E-state index in [2.05, 4.69) is 68.5 Å². The van der Waals surface area contributed by atoms with Crippen molar-refractivity contribution in [3.63, 3.8) is 0 Å². The number of carbonyl (C=O) groups is 17. The van der Waals surface area contributed by atoms with Gasteiger partial charge in [0.05, 0.1) is 25.3 Å². The van der Waals surface area contributed by atoms with Crippen LogP contribution in [0.4, 0.5) is 0 Å². The van der Waals surface area contributed by atoms with Crippen LogP contribution in [0, 0.1) is 11.3 Å². The van der Waals surface area contributed by atoms with Gasteiger partial charge in [-0.25, -0.2) is 0 Å². The SMILES string of the molecule is CCCC[C@H]1C(=O)N[C@@H](CCCNC(=N)N)C(=O)NC(C(=O)NCC(N)=O)CSCC(=O)N[C@@H](Cc2ccc(O)cc2)C(=O)N(C)[C@@H](C)C(=O)N[C@@H](CC(N)=O)C(=O)N2CCC[C@H]2C(=O)N[C@@H](CN)C(=O)N[C@@H](CC(C)C)C(=O)N2CCC[C@H]2C(=O)N[C@@H](Cc2c[nH]c3ccccc23)C(=O)N[C@@H](CO)C(=O)N[C@@H](Cc2c[nH]c3ccccc23)C(=O)N(C)[C@@H](CCSC)C(=O)N1C. The quantitative estimate of drug-likeness (QED) is 0.0154. The summed E-state index contributed by atoms with van der Waals surface area (Å²) in [6, 6.07) is -1.46. The third-order valence-corrected chi connectivity index (χ3v) is 25.0. The number of primary amides is 2. The molecule has 0 bridgehead atoms. The van der Waals surface area contributed by atoms with Crippen molar-refractivity contribution >= 4 is 152 Å². The van der Waals surface area contributed by atoms with Crippen molar-refractivity contribution in [2.75, 3.05) is 84.0 Å². The Balaban J connectivity index is 1.18. The number of carbonyl (C=O) groups excluding carboxylic acids is 17. The minimum Gasteiger partial charge on any atom is -0.508 e. The van der Waals surface area contributed by atoms with E-state index in [4.69, 9.17) is 28.3 Å². The van der Waals surface area contributed by atoms with Gasteiger partial charge in [-0.3, -0.25) is 86.9 Å². The maximum absolute atomic E-state index is 15.7. The molecule has 3 saturated heterocycles. The smallest absolute Gasteiger partial charge is 0.246 e. The number of aromatic nitrogens is 2. The van der Waals surface area contributed by atoms with Crippen LogP contribution in [-0.2, 0) is 101 Å². The number of unbranched alkanes of at least 4 members (excludes halogenated alkanes) is 1. The number of thioether (sulfide) groups is 2. The summed E-state index contributed by atoms with van der Waals surface area (Å²) in [5.74, 6) is -17.2. The fourth-order valence-electron chi connectivity index (χ4n) is 16.0. The van der Waals surface area contributed by atoms with E-state index in [1.54, 1.807) is 81.0 Å². The molecule has 3 aliphatic rings. The minimum absolute atomic E-state index is 0.00397. The second-order valence-electron chi connectivity index (χ2n) is 33.4. The van der Waals surface area contributed by atoms with Crippen LogP contribution < -0.4 is 81.4 Å². The van der Waals surface area contributed by atoms with E-state index in [9.17, 15) is 58.2 Å². The Morgan fingerprint density at radius 3 is 1.63 bits per heavy atom. The van der Waals surface area contributed by atoms with Gasteiger partial charge in [0, 0.05) is 107 Å². The van der Waals surface area contributed by atoms with Crippen molar-refractivity contribution in [2.45, 2.75) is 209 Å². The fourth-order valence-corrected chi connectivity index (χ4v) is 17.3. The highest BCUT2D eigenvalue weighted by atomic mass is 32.2. The number of nitrogens with zero attached hydrogens (tertiary/aromatic N) is 5. The molecule has 131 heavy (non-hydrogen) atoms. The number of aliphatic hydroxyl groups is 1. The summed E-state index contributed by atoms with van der Waals surface area (Å²) < 4.78 is 0. The van der Waals surface area contributed by atoms with Gasteiger partial charge in [0.25, 0.3) is 0 Å². The van der Waals surface area contributed by atoms with Crippen LogP contribution in [0.2, 0.25) is 0 Å². The highest BCUT2D eigenvalue weighted by Gasteiger charge is 2.45. The molecule has 5 heterocycles. The van der Waals surface area contributed by atoms with Crippen molar-refractivity contribution < 1.29 is 91.7 Å². The van der Waals surface area contributed by atoms with E-state index >= 15 is 33.6 Å². The van der Waals surface area contributed by atoms with Crippen molar-refractivity contribution in [1.82, 2.24) is 93.0 Å². The number of hydrogen-bond acceptors (Lipinski definition) is 23. The predicted octanol–water partition coefficient (Wildman–Crippen LogP) is -3.34. The number of H-pyrrole nitrogens is 2. The number of phenolic OH excluding ortho intramolecular Hbond substituents is 1. The first-order valence-electron chi connectivity index (χ1n) is 43.7. The number of rotatable bonds is 25. The van der Waals surface area contributed by atoms with Crippen molar-refractivity contribution in [3.8, 4) is 5.75 Å². The molecule has 8 rings (SSSR count). The third kappa shape index (κ3) is 29.2. The largest absolute Gasteiger partial charge is 0.508 e. The number of guanidine groups is 1. The van der Waals surface area contributed by atoms with Gasteiger partial charge in [-0.2, -0.15) is 11.8 Å². The molecule has 0 saturated carbocycles. The molecule has 3 aliphatic heterocycles. The number of likely N-dealkylation sites (N-methyl/N-ethyl adjacent to an activating group) is 3. The Labute approximate surface area is 767 Å². The minimum atomic E-state index is -1.85. The predicted molar refractivity (Wildman–Crippen MR) is 489 cm³/mol. The number of amides is 17. The van der Waals surface area contributed by atoms with Gasteiger partial charge in [-0.05, 0) is 124 Å². The number of nitrogens with one attached hydrogen (secondary N) is 14. The summed E-state index contributed by atoms with van der Waals surface area (Å²) in [5.41, 5.74) is 25.7. The lowest BCUT2D eigenvalue weighted by Gasteiger charge is -2.36. The van der Waals surface area contributed by atoms with Gasteiger partial charge < -0.3 is 126 Å². The average molecular weight is 1860 g/mol. The zero-order valence-corrected chi connectivity index (χ0v) is 76.5. The number of aromatic amines is 2. The molecule has 1 unspecified atom stereocenters. The van der Waals surface area contributed by atoms with Gasteiger partial charge in [0.1, 0.15) is 90.3 Å². The summed E-state index contributed by atoms with van der Waals surface area (Å²) >= 11 is 2.10. The third-order valence-electron chi connectivity index (χ3n) is 23.3. The maximum atomic E-state index is 15.7. The van der Waals surface area contributed by atoms with Crippen LogP contribution in [-0.4, -0.2) is 320 Å². The van der Waals surface area contributed by atoms with E-state index in [1.165, 1.54) is 69.0 Å². The number of para-hydroxylation sites is 2. The lowest BCUT2D eigenvalue weighted by molar-refractivity contribution is -0.149. The zero-order chi connectivity index (χ0) is 96.0. The molecule has 3 aromatic carbocycles. The Morgan fingerprint density at radius 2 is 1.06 bits per heavy atom. The Morgan fingerprint density at radius 1 is 0.550 bits per heavy atom. The highest BCUT2D eigenvalue weighted by molar-refractivity contribution is 8.00. The van der Waals surface area contributed by atoms with Crippen LogP contribution in [0.5, 0.6) is 5.75 Å². The molecule has 5 aromatic rings. The molecule has 0 aliphatic carbocycles. The van der Waals surface area contributed by atoms with Gasteiger partial charge >= 0.3 is 0 Å². The number of benzene rings is 3. The lowest BCUT2D eigenvalue weighted by atomic mass is 10.0. The molecule has 0 spiro atoms. The molecule has 17 amide bonds. The average Bonchev–Trinajstić information content (AvgIpc) is 1.81. The van der Waals surface area contributed by atoms with Gasteiger partial charge in [-0.1, -0.05) is 82.1 Å². The zero-order valence-electron chi connectivity index (χ0n) is 74.9. The Kier molecular flexibility index (Phi) is 39.6. The monoisotopic (exact) mass is 1860 g/mol. The molecule has 44 heteroatoms. The number of nitrogens with two attached hydrogens (primary N) is 4. The molecule has 3 fully saturated rings. The summed E-state index contributed by atoms with van der Waals surface area (Å²) in [5, 5.41) is 59.5. The molecule has 14 atom stereocenters. The van der Waals surface area contributed by atoms with E-state index in [0.717, 1.165) is 31.4 Å². The molecule has 42 nitrogen and oxygen atoms in total. The van der Waals surface area contributed by atoms with Crippen LogP contribution >= 0.6 is 23.5 Å². The van der Waals surface area contributed by atoms with Crippen LogP contribution in [0.15, 0.2) is 85.2 Å². The summed E-state index contributed by atoms with van der Waals surface area (Å²) in [6.07, 6.45) is 4.59. The topological polar surface area (TPSA) is 639 Å². The lowest BCUT2D eigenvalue weighted by Crippen LogP contribution is -2.62. The normalized spacial score (nSPS) is 24.6. The first kappa shape index (κ1) is 104.